The monoisotopic (exact) mass is 333 g/mol. The van der Waals surface area contributed by atoms with Crippen LogP contribution in [0.3, 0.4) is 0 Å². The molecule has 0 unspecified atom stereocenters. The van der Waals surface area contributed by atoms with Crippen molar-refractivity contribution >= 4 is 0 Å². The van der Waals surface area contributed by atoms with Crippen molar-refractivity contribution in [2.24, 2.45) is 17.3 Å². The number of aromatic nitrogens is 2. The van der Waals surface area contributed by atoms with Gasteiger partial charge in [-0.2, -0.15) is 0 Å². The predicted molar refractivity (Wildman–Crippen MR) is 93.6 cm³/mol. The summed E-state index contributed by atoms with van der Waals surface area (Å²) in [5.74, 6) is 1.63. The van der Waals surface area contributed by atoms with Crippen LogP contribution in [-0.2, 0) is 6.42 Å². The van der Waals surface area contributed by atoms with E-state index >= 15 is 0 Å². The number of aliphatic hydroxyl groups is 2. The van der Waals surface area contributed by atoms with Gasteiger partial charge in [0.15, 0.2) is 0 Å². The largest absolute Gasteiger partial charge is 0.396 e. The first kappa shape index (κ1) is 17.8. The van der Waals surface area contributed by atoms with Gasteiger partial charge in [-0.3, -0.25) is 0 Å². The Kier molecular flexibility index (Phi) is 5.23. The first-order valence-electron chi connectivity index (χ1n) is 9.21. The van der Waals surface area contributed by atoms with Gasteiger partial charge in [0.1, 0.15) is 5.82 Å². The van der Waals surface area contributed by atoms with E-state index in [2.05, 4.69) is 31.1 Å². The molecule has 4 atom stereocenters. The van der Waals surface area contributed by atoms with E-state index in [0.29, 0.717) is 12.3 Å². The predicted octanol–water partition coefficient (Wildman–Crippen LogP) is 1.89. The third kappa shape index (κ3) is 4.32. The van der Waals surface area contributed by atoms with Crippen molar-refractivity contribution in [1.82, 2.24) is 15.3 Å². The quantitative estimate of drug-likeness (QED) is 0.741. The topological polar surface area (TPSA) is 78.3 Å². The van der Waals surface area contributed by atoms with Crippen molar-refractivity contribution in [1.29, 1.82) is 0 Å². The highest BCUT2D eigenvalue weighted by Crippen LogP contribution is 2.39. The molecular formula is C19H31N3O2. The lowest BCUT2D eigenvalue weighted by molar-refractivity contribution is 0.0715. The highest BCUT2D eigenvalue weighted by atomic mass is 16.3. The molecule has 1 aromatic heterocycles. The molecule has 3 rings (SSSR count). The second-order valence-electron chi connectivity index (χ2n) is 8.75. The van der Waals surface area contributed by atoms with Crippen LogP contribution in [-0.4, -0.2) is 45.5 Å². The fourth-order valence-corrected chi connectivity index (χ4v) is 3.72. The summed E-state index contributed by atoms with van der Waals surface area (Å²) in [6, 6.07) is 2.20. The Morgan fingerprint density at radius 1 is 1.25 bits per heavy atom. The first-order valence-corrected chi connectivity index (χ1v) is 9.21. The molecule has 3 N–H and O–H groups in total. The lowest BCUT2D eigenvalue weighted by Gasteiger charge is -2.28. The smallest absolute Gasteiger partial charge is 0.131 e. The summed E-state index contributed by atoms with van der Waals surface area (Å²) in [4.78, 5) is 9.13. The van der Waals surface area contributed by atoms with Gasteiger partial charge in [0, 0.05) is 42.9 Å². The number of hydrogen-bond acceptors (Lipinski definition) is 5. The van der Waals surface area contributed by atoms with Crippen LogP contribution < -0.4 is 5.32 Å². The molecule has 1 aromatic rings. The molecule has 2 aliphatic carbocycles. The fourth-order valence-electron chi connectivity index (χ4n) is 3.72. The average Bonchev–Trinajstić information content (AvgIpc) is 3.31. The van der Waals surface area contributed by atoms with Crippen molar-refractivity contribution in [2.45, 2.75) is 64.5 Å². The van der Waals surface area contributed by atoms with E-state index < -0.39 is 6.10 Å². The van der Waals surface area contributed by atoms with Crippen LogP contribution in [0.15, 0.2) is 12.3 Å². The van der Waals surface area contributed by atoms with Crippen LogP contribution >= 0.6 is 0 Å². The van der Waals surface area contributed by atoms with Crippen LogP contribution in [0.1, 0.15) is 57.5 Å². The summed E-state index contributed by atoms with van der Waals surface area (Å²) in [7, 11) is 0. The van der Waals surface area contributed by atoms with Crippen LogP contribution in [0.4, 0.5) is 0 Å². The zero-order valence-corrected chi connectivity index (χ0v) is 15.1. The number of hydrogen-bond donors (Lipinski definition) is 3. The maximum Gasteiger partial charge on any atom is 0.131 e. The first-order chi connectivity index (χ1) is 11.4. The lowest BCUT2D eigenvalue weighted by Crippen LogP contribution is -2.40. The standard InChI is InChI=1S/C19H31N3O2/c1-19(2,3)11-21-16-9-17(24)15(10-23)14(16)8-13-6-7-20-18(22-13)12-4-5-12/h6-7,12,14-17,21,23-24H,4-5,8-11H2,1-3H3/t14-,15-,16-,17-/m1/s1. The van der Waals surface area contributed by atoms with Crippen molar-refractivity contribution in [3.8, 4) is 0 Å². The Morgan fingerprint density at radius 3 is 2.62 bits per heavy atom. The number of rotatable bonds is 6. The van der Waals surface area contributed by atoms with Crippen molar-refractivity contribution < 1.29 is 10.2 Å². The molecular weight excluding hydrogens is 302 g/mol. The van der Waals surface area contributed by atoms with Crippen LogP contribution in [0.5, 0.6) is 0 Å². The molecule has 2 aliphatic rings. The summed E-state index contributed by atoms with van der Waals surface area (Å²) < 4.78 is 0. The summed E-state index contributed by atoms with van der Waals surface area (Å²) in [6.45, 7) is 7.54. The summed E-state index contributed by atoms with van der Waals surface area (Å²) in [5, 5.41) is 23.7. The van der Waals surface area contributed by atoms with Crippen LogP contribution in [0, 0.1) is 17.3 Å². The molecule has 24 heavy (non-hydrogen) atoms. The minimum atomic E-state index is -0.442. The van der Waals surface area contributed by atoms with Crippen LogP contribution in [0.25, 0.3) is 0 Å². The van der Waals surface area contributed by atoms with Gasteiger partial charge in [-0.05, 0) is 43.1 Å². The molecule has 0 bridgehead atoms. The minimum absolute atomic E-state index is 0.0279. The van der Waals surface area contributed by atoms with Gasteiger partial charge < -0.3 is 15.5 Å². The van der Waals surface area contributed by atoms with Crippen LogP contribution in [0.2, 0.25) is 0 Å². The van der Waals surface area contributed by atoms with Gasteiger partial charge in [0.05, 0.1) is 6.10 Å². The molecule has 2 fully saturated rings. The van der Waals surface area contributed by atoms with Gasteiger partial charge >= 0.3 is 0 Å². The third-order valence-electron chi connectivity index (χ3n) is 5.28. The van der Waals surface area contributed by atoms with E-state index in [4.69, 9.17) is 4.98 Å². The van der Waals surface area contributed by atoms with Gasteiger partial charge in [-0.25, -0.2) is 9.97 Å². The Hall–Kier alpha value is -1.04. The molecule has 0 amide bonds. The molecule has 1 heterocycles. The van der Waals surface area contributed by atoms with E-state index in [9.17, 15) is 10.2 Å². The summed E-state index contributed by atoms with van der Waals surface area (Å²) >= 11 is 0. The van der Waals surface area contributed by atoms with Gasteiger partial charge in [0.2, 0.25) is 0 Å². The Balaban J connectivity index is 1.72. The molecule has 2 saturated carbocycles. The third-order valence-corrected chi connectivity index (χ3v) is 5.28. The molecule has 0 radical (unpaired) electrons. The van der Waals surface area contributed by atoms with E-state index in [1.165, 1.54) is 12.8 Å². The van der Waals surface area contributed by atoms with E-state index in [0.717, 1.165) is 24.5 Å². The van der Waals surface area contributed by atoms with Crippen molar-refractivity contribution in [2.75, 3.05) is 13.2 Å². The average molecular weight is 333 g/mol. The maximum atomic E-state index is 10.4. The minimum Gasteiger partial charge on any atom is -0.396 e. The Bertz CT molecular complexity index is 554. The number of nitrogens with zero attached hydrogens (tertiary/aromatic N) is 2. The molecule has 0 aliphatic heterocycles. The molecule has 134 valence electrons. The summed E-state index contributed by atoms with van der Waals surface area (Å²) in [5.41, 5.74) is 1.23. The second kappa shape index (κ2) is 7.06. The number of aliphatic hydroxyl groups excluding tert-OH is 2. The highest BCUT2D eigenvalue weighted by molar-refractivity contribution is 5.12. The van der Waals surface area contributed by atoms with E-state index in [1.807, 2.05) is 12.3 Å². The van der Waals surface area contributed by atoms with Gasteiger partial charge in [-0.15, -0.1) is 0 Å². The lowest BCUT2D eigenvalue weighted by atomic mass is 9.88. The molecule has 5 nitrogen and oxygen atoms in total. The van der Waals surface area contributed by atoms with Crippen molar-refractivity contribution in [3.05, 3.63) is 23.8 Å². The van der Waals surface area contributed by atoms with Gasteiger partial charge in [-0.1, -0.05) is 20.8 Å². The van der Waals surface area contributed by atoms with Gasteiger partial charge in [0.25, 0.3) is 0 Å². The van der Waals surface area contributed by atoms with E-state index in [-0.39, 0.29) is 29.9 Å². The van der Waals surface area contributed by atoms with E-state index in [1.54, 1.807) is 0 Å². The van der Waals surface area contributed by atoms with Crippen molar-refractivity contribution in [3.63, 3.8) is 0 Å². The fraction of sp³-hybridized carbons (Fsp3) is 0.789. The normalized spacial score (nSPS) is 30.7. The SMILES string of the molecule is CC(C)(C)CN[C@@H]1C[C@@H](O)[C@H](CO)[C@H]1Cc1ccnc(C2CC2)n1. The second-order valence-corrected chi connectivity index (χ2v) is 8.75. The Morgan fingerprint density at radius 2 is 2.00 bits per heavy atom. The summed E-state index contributed by atoms with van der Waals surface area (Å²) in [6.07, 6.45) is 5.29. The highest BCUT2D eigenvalue weighted by Gasteiger charge is 2.42. The zero-order valence-electron chi connectivity index (χ0n) is 15.1. The zero-order chi connectivity index (χ0) is 17.3. The number of nitrogens with one attached hydrogen (secondary N) is 1. The molecule has 5 heteroatoms. The Labute approximate surface area is 144 Å². The maximum absolute atomic E-state index is 10.4. The molecule has 0 spiro atoms. The molecule has 0 saturated heterocycles. The molecule has 0 aromatic carbocycles.